The van der Waals surface area contributed by atoms with Gasteiger partial charge in [0.05, 0.1) is 33.7 Å². The van der Waals surface area contributed by atoms with Gasteiger partial charge in [-0.2, -0.15) is 5.26 Å². The summed E-state index contributed by atoms with van der Waals surface area (Å²) in [5, 5.41) is 13.2. The molecule has 6 nitrogen and oxygen atoms in total. The topological polar surface area (TPSA) is 61.0 Å². The lowest BCUT2D eigenvalue weighted by molar-refractivity contribution is 1.17. The van der Waals surface area contributed by atoms with Gasteiger partial charge in [0.15, 0.2) is 5.82 Å². The van der Waals surface area contributed by atoms with Crippen LogP contribution in [0.4, 0.5) is 34.1 Å². The van der Waals surface area contributed by atoms with Crippen molar-refractivity contribution in [2.45, 2.75) is 0 Å². The molecule has 0 aliphatic heterocycles. The van der Waals surface area contributed by atoms with Gasteiger partial charge in [-0.3, -0.25) is 0 Å². The number of benzene rings is 11. The van der Waals surface area contributed by atoms with Gasteiger partial charge in [-0.1, -0.05) is 188 Å². The number of rotatable bonds is 12. The van der Waals surface area contributed by atoms with E-state index in [0.29, 0.717) is 11.4 Å². The average molecular weight is 985 g/mol. The summed E-state index contributed by atoms with van der Waals surface area (Å²) in [5.41, 5.74) is 18.6. The highest BCUT2D eigenvalue weighted by Gasteiger charge is 2.22. The van der Waals surface area contributed by atoms with E-state index in [0.717, 1.165) is 112 Å². The fourth-order valence-electron chi connectivity index (χ4n) is 10.5. The Morgan fingerprint density at radius 1 is 0.299 bits per heavy atom. The van der Waals surface area contributed by atoms with Crippen LogP contribution in [0.25, 0.3) is 83.6 Å². The number of nitriles is 1. The quantitative estimate of drug-likeness (QED) is 0.122. The van der Waals surface area contributed by atoms with Crippen LogP contribution >= 0.6 is 0 Å². The minimum atomic E-state index is 0.579. The zero-order valence-corrected chi connectivity index (χ0v) is 41.9. The lowest BCUT2D eigenvalue weighted by Gasteiger charge is -2.26. The van der Waals surface area contributed by atoms with Gasteiger partial charge < -0.3 is 14.4 Å². The Kier molecular flexibility index (Phi) is 12.2. The van der Waals surface area contributed by atoms with Crippen LogP contribution in [0.5, 0.6) is 0 Å². The van der Waals surface area contributed by atoms with Gasteiger partial charge in [0, 0.05) is 61.6 Å². The molecule has 0 fully saturated rings. The molecular formula is C71H48N6. The molecule has 2 heterocycles. The molecule has 0 N–H and O–H groups in total. The van der Waals surface area contributed by atoms with Gasteiger partial charge in [-0.25, -0.2) is 9.97 Å². The molecule has 11 aromatic carbocycles. The number of fused-ring (bicyclic) bond motifs is 3. The van der Waals surface area contributed by atoms with E-state index in [1.165, 1.54) is 0 Å². The molecule has 362 valence electrons. The summed E-state index contributed by atoms with van der Waals surface area (Å²) in [6.07, 6.45) is 0. The van der Waals surface area contributed by atoms with E-state index in [2.05, 4.69) is 233 Å². The molecular weight excluding hydrogens is 937 g/mol. The Morgan fingerprint density at radius 3 is 1.06 bits per heavy atom. The number of para-hydroxylation sites is 4. The smallest absolute Gasteiger partial charge is 0.160 e. The molecule has 0 aliphatic rings. The Bertz CT molecular complexity index is 3960. The van der Waals surface area contributed by atoms with E-state index in [-0.39, 0.29) is 0 Å². The highest BCUT2D eigenvalue weighted by atomic mass is 15.1. The standard InChI is InChI=1S/C71H48N6/c72-49-57-45-56(52-33-31-50(32-34-52)51-35-37-54(38-36-51)67-48-66(53-19-7-1-8-20-53)73-71(74-67)55-21-9-2-10-22-55)39-42-68(57)77-69-43-40-62(75(58-23-11-3-12-24-58)59-25-13-4-14-26-59)46-64(69)65-47-63(41-44-70(65)77)76(60-27-15-5-16-28-60)61-29-17-6-18-30-61/h1-48H. The summed E-state index contributed by atoms with van der Waals surface area (Å²) in [7, 11) is 0. The highest BCUT2D eigenvalue weighted by Crippen LogP contribution is 2.43. The molecule has 77 heavy (non-hydrogen) atoms. The monoisotopic (exact) mass is 984 g/mol. The van der Waals surface area contributed by atoms with Crippen LogP contribution in [0.3, 0.4) is 0 Å². The summed E-state index contributed by atoms with van der Waals surface area (Å²) >= 11 is 0. The first-order chi connectivity index (χ1) is 38.1. The van der Waals surface area contributed by atoms with Gasteiger partial charge >= 0.3 is 0 Å². The van der Waals surface area contributed by atoms with Crippen molar-refractivity contribution >= 4 is 55.9 Å². The number of anilines is 6. The van der Waals surface area contributed by atoms with Crippen LogP contribution in [0.15, 0.2) is 291 Å². The minimum Gasteiger partial charge on any atom is -0.310 e. The molecule has 0 unspecified atom stereocenters. The van der Waals surface area contributed by atoms with Crippen molar-refractivity contribution in [3.05, 3.63) is 297 Å². The van der Waals surface area contributed by atoms with Crippen LogP contribution in [-0.4, -0.2) is 14.5 Å². The lowest BCUT2D eigenvalue weighted by Crippen LogP contribution is -2.09. The summed E-state index contributed by atoms with van der Waals surface area (Å²) in [4.78, 5) is 14.6. The van der Waals surface area contributed by atoms with E-state index in [9.17, 15) is 5.26 Å². The first-order valence-corrected chi connectivity index (χ1v) is 25.8. The van der Waals surface area contributed by atoms with Crippen molar-refractivity contribution in [2.75, 3.05) is 9.80 Å². The highest BCUT2D eigenvalue weighted by molar-refractivity contribution is 6.12. The third-order valence-electron chi connectivity index (χ3n) is 14.2. The average Bonchev–Trinajstić information content (AvgIpc) is 3.95. The largest absolute Gasteiger partial charge is 0.310 e. The SMILES string of the molecule is N#Cc1cc(-c2ccc(-c3ccc(-c4cc(-c5ccccc5)nc(-c5ccccc5)n4)cc3)cc2)ccc1-n1c2ccc(N(c3ccccc3)c3ccccc3)cc2c2cc(N(c3ccccc3)c3ccccc3)ccc21. The molecule has 0 bridgehead atoms. The van der Waals surface area contributed by atoms with Crippen molar-refractivity contribution < 1.29 is 0 Å². The van der Waals surface area contributed by atoms with Crippen molar-refractivity contribution in [3.63, 3.8) is 0 Å². The zero-order valence-electron chi connectivity index (χ0n) is 41.9. The van der Waals surface area contributed by atoms with Crippen molar-refractivity contribution in [2.24, 2.45) is 0 Å². The molecule has 0 aliphatic carbocycles. The summed E-state index contributed by atoms with van der Waals surface area (Å²) < 4.78 is 2.25. The normalized spacial score (nSPS) is 11.1. The minimum absolute atomic E-state index is 0.579. The number of aromatic nitrogens is 3. The number of hydrogen-bond acceptors (Lipinski definition) is 5. The molecule has 6 heteroatoms. The van der Waals surface area contributed by atoms with Crippen LogP contribution in [0.2, 0.25) is 0 Å². The maximum Gasteiger partial charge on any atom is 0.160 e. The van der Waals surface area contributed by atoms with E-state index in [1.54, 1.807) is 0 Å². The Labute approximate surface area is 448 Å². The van der Waals surface area contributed by atoms with Gasteiger partial charge in [-0.15, -0.1) is 0 Å². The molecule has 0 atom stereocenters. The first-order valence-electron chi connectivity index (χ1n) is 25.8. The second-order valence-electron chi connectivity index (χ2n) is 18.9. The van der Waals surface area contributed by atoms with Crippen LogP contribution in [0, 0.1) is 11.3 Å². The zero-order chi connectivity index (χ0) is 51.5. The molecule has 13 rings (SSSR count). The number of nitrogens with zero attached hydrogens (tertiary/aromatic N) is 6. The Hall–Kier alpha value is -10.6. The maximum absolute atomic E-state index is 11.0. The molecule has 2 aromatic heterocycles. The van der Waals surface area contributed by atoms with Crippen LogP contribution < -0.4 is 9.80 Å². The van der Waals surface area contributed by atoms with Gasteiger partial charge in [0.25, 0.3) is 0 Å². The van der Waals surface area contributed by atoms with Crippen molar-refractivity contribution in [1.82, 2.24) is 14.5 Å². The van der Waals surface area contributed by atoms with Crippen LogP contribution in [0.1, 0.15) is 5.56 Å². The third kappa shape index (κ3) is 9.05. The summed E-state index contributed by atoms with van der Waals surface area (Å²) in [5.74, 6) is 0.691. The van der Waals surface area contributed by atoms with Gasteiger partial charge in [0.1, 0.15) is 6.07 Å². The maximum atomic E-state index is 11.0. The molecule has 0 spiro atoms. The predicted octanol–water partition coefficient (Wildman–Crippen LogP) is 18.7. The second-order valence-corrected chi connectivity index (χ2v) is 18.9. The van der Waals surface area contributed by atoms with Gasteiger partial charge in [-0.05, 0) is 125 Å². The molecule has 0 saturated carbocycles. The fourth-order valence-corrected chi connectivity index (χ4v) is 10.5. The molecule has 0 radical (unpaired) electrons. The second kappa shape index (κ2) is 20.4. The third-order valence-corrected chi connectivity index (χ3v) is 14.2. The summed E-state index contributed by atoms with van der Waals surface area (Å²) in [6, 6.07) is 104. The molecule has 13 aromatic rings. The Balaban J connectivity index is 0.871. The number of hydrogen-bond donors (Lipinski definition) is 0. The predicted molar refractivity (Wildman–Crippen MR) is 318 cm³/mol. The summed E-state index contributed by atoms with van der Waals surface area (Å²) in [6.45, 7) is 0. The Morgan fingerprint density at radius 2 is 0.649 bits per heavy atom. The van der Waals surface area contributed by atoms with Crippen molar-refractivity contribution in [3.8, 4) is 67.9 Å². The lowest BCUT2D eigenvalue weighted by atomic mass is 9.97. The fraction of sp³-hybridized carbons (Fsp3) is 0. The van der Waals surface area contributed by atoms with E-state index < -0.39 is 0 Å². The molecule has 0 amide bonds. The van der Waals surface area contributed by atoms with E-state index in [4.69, 9.17) is 9.97 Å². The molecule has 0 saturated heterocycles. The van der Waals surface area contributed by atoms with E-state index in [1.807, 2.05) is 78.9 Å². The first kappa shape index (κ1) is 46.2. The van der Waals surface area contributed by atoms with Crippen molar-refractivity contribution in [1.29, 1.82) is 5.26 Å². The van der Waals surface area contributed by atoms with Gasteiger partial charge in [0.2, 0.25) is 0 Å². The van der Waals surface area contributed by atoms with Crippen LogP contribution in [-0.2, 0) is 0 Å². The van der Waals surface area contributed by atoms with E-state index >= 15 is 0 Å².